The van der Waals surface area contributed by atoms with Crippen LogP contribution in [-0.2, 0) is 27.8 Å². The second-order valence-electron chi connectivity index (χ2n) is 8.75. The minimum Gasteiger partial charge on any atom is -0.324 e. The highest BCUT2D eigenvalue weighted by molar-refractivity contribution is 7.89. The van der Waals surface area contributed by atoms with Crippen molar-refractivity contribution in [2.24, 2.45) is 0 Å². The van der Waals surface area contributed by atoms with Crippen LogP contribution in [0.5, 0.6) is 0 Å². The molecule has 4 aromatic carbocycles. The van der Waals surface area contributed by atoms with Gasteiger partial charge in [0.25, 0.3) is 0 Å². The van der Waals surface area contributed by atoms with Gasteiger partial charge in [-0.25, -0.2) is 8.42 Å². The summed E-state index contributed by atoms with van der Waals surface area (Å²) in [6.07, 6.45) is 0.306. The molecule has 5 rings (SSSR count). The molecule has 176 valence electrons. The van der Waals surface area contributed by atoms with Crippen LogP contribution in [0.3, 0.4) is 0 Å². The SMILES string of the molecule is Cc1ccc(S(=O)(=O)N2Cc3ccccc3C[C@@H]2C(=O)Nc2ccccc2-c2ccccc2)cc1. The molecular formula is C29H26N2O3S. The fourth-order valence-corrected chi connectivity index (χ4v) is 6.06. The van der Waals surface area contributed by atoms with Gasteiger partial charge in [-0.05, 0) is 48.2 Å². The van der Waals surface area contributed by atoms with Gasteiger partial charge in [-0.1, -0.05) is 90.5 Å². The number of aryl methyl sites for hydroxylation is 1. The number of hydrogen-bond donors (Lipinski definition) is 1. The lowest BCUT2D eigenvalue weighted by Gasteiger charge is -2.35. The standard InChI is InChI=1S/C29H26N2O3S/c1-21-15-17-25(18-16-21)35(33,34)31-20-24-12-6-5-11-23(24)19-28(31)29(32)30-27-14-8-7-13-26(27)22-9-3-2-4-10-22/h2-18,28H,19-20H2,1H3,(H,30,32)/t28-/m1/s1. The van der Waals surface area contributed by atoms with Crippen LogP contribution >= 0.6 is 0 Å². The van der Waals surface area contributed by atoms with Gasteiger partial charge in [-0.3, -0.25) is 4.79 Å². The first-order valence-corrected chi connectivity index (χ1v) is 13.0. The molecule has 5 nitrogen and oxygen atoms in total. The van der Waals surface area contributed by atoms with Gasteiger partial charge in [0.1, 0.15) is 6.04 Å². The first-order chi connectivity index (χ1) is 16.9. The topological polar surface area (TPSA) is 66.5 Å². The largest absolute Gasteiger partial charge is 0.324 e. The van der Waals surface area contributed by atoms with E-state index in [4.69, 9.17) is 0 Å². The Kier molecular flexibility index (Phi) is 6.24. The quantitative estimate of drug-likeness (QED) is 0.413. The number of amides is 1. The molecule has 0 aliphatic carbocycles. The van der Waals surface area contributed by atoms with Crippen molar-refractivity contribution in [3.8, 4) is 11.1 Å². The van der Waals surface area contributed by atoms with Crippen molar-refractivity contribution in [2.75, 3.05) is 5.32 Å². The smallest absolute Gasteiger partial charge is 0.244 e. The van der Waals surface area contributed by atoms with Gasteiger partial charge in [-0.15, -0.1) is 0 Å². The predicted molar refractivity (Wildman–Crippen MR) is 138 cm³/mol. The number of carbonyl (C=O) groups excluding carboxylic acids is 1. The van der Waals surface area contributed by atoms with E-state index in [-0.39, 0.29) is 17.3 Å². The average Bonchev–Trinajstić information content (AvgIpc) is 2.89. The fourth-order valence-electron chi connectivity index (χ4n) is 4.50. The highest BCUT2D eigenvalue weighted by atomic mass is 32.2. The van der Waals surface area contributed by atoms with Crippen LogP contribution in [0.1, 0.15) is 16.7 Å². The summed E-state index contributed by atoms with van der Waals surface area (Å²) in [4.78, 5) is 13.9. The normalized spacial score (nSPS) is 15.9. The maximum absolute atomic E-state index is 13.7. The van der Waals surface area contributed by atoms with Gasteiger partial charge in [0.2, 0.25) is 15.9 Å². The molecule has 1 N–H and O–H groups in total. The summed E-state index contributed by atoms with van der Waals surface area (Å²) in [5.74, 6) is -0.349. The van der Waals surface area contributed by atoms with Crippen LogP contribution < -0.4 is 5.32 Å². The van der Waals surface area contributed by atoms with E-state index >= 15 is 0 Å². The van der Waals surface area contributed by atoms with Gasteiger partial charge in [0, 0.05) is 17.8 Å². The molecule has 0 spiro atoms. The number of sulfonamides is 1. The Morgan fingerprint density at radius 2 is 1.43 bits per heavy atom. The molecule has 0 unspecified atom stereocenters. The molecule has 1 heterocycles. The molecule has 35 heavy (non-hydrogen) atoms. The van der Waals surface area contributed by atoms with E-state index in [1.807, 2.05) is 85.8 Å². The van der Waals surface area contributed by atoms with Gasteiger partial charge < -0.3 is 5.32 Å². The van der Waals surface area contributed by atoms with Gasteiger partial charge >= 0.3 is 0 Å². The van der Waals surface area contributed by atoms with E-state index in [2.05, 4.69) is 5.32 Å². The Morgan fingerprint density at radius 3 is 2.17 bits per heavy atom. The highest BCUT2D eigenvalue weighted by Crippen LogP contribution is 2.32. The monoisotopic (exact) mass is 482 g/mol. The number of fused-ring (bicyclic) bond motifs is 1. The maximum Gasteiger partial charge on any atom is 0.244 e. The fraction of sp³-hybridized carbons (Fsp3) is 0.138. The third-order valence-electron chi connectivity index (χ3n) is 6.41. The Labute approximate surface area is 206 Å². The maximum atomic E-state index is 13.7. The van der Waals surface area contributed by atoms with Crippen molar-refractivity contribution in [3.05, 3.63) is 120 Å². The van der Waals surface area contributed by atoms with Crippen molar-refractivity contribution in [1.82, 2.24) is 4.31 Å². The van der Waals surface area contributed by atoms with Crippen molar-refractivity contribution in [2.45, 2.75) is 30.8 Å². The number of benzene rings is 4. The second kappa shape index (κ2) is 9.49. The lowest BCUT2D eigenvalue weighted by Crippen LogP contribution is -2.50. The van der Waals surface area contributed by atoms with Crippen molar-refractivity contribution in [3.63, 3.8) is 0 Å². The number of nitrogens with one attached hydrogen (secondary N) is 1. The molecular weight excluding hydrogens is 456 g/mol. The Bertz CT molecular complexity index is 1470. The third-order valence-corrected chi connectivity index (χ3v) is 8.27. The molecule has 1 aliphatic heterocycles. The van der Waals surface area contributed by atoms with Crippen LogP contribution in [0, 0.1) is 6.92 Å². The van der Waals surface area contributed by atoms with E-state index in [1.54, 1.807) is 24.3 Å². The Morgan fingerprint density at radius 1 is 0.800 bits per heavy atom. The summed E-state index contributed by atoms with van der Waals surface area (Å²) in [5, 5.41) is 3.03. The van der Waals surface area contributed by atoms with Crippen molar-refractivity contribution >= 4 is 21.6 Å². The number of para-hydroxylation sites is 1. The molecule has 1 atom stereocenters. The lowest BCUT2D eigenvalue weighted by molar-refractivity contribution is -0.120. The van der Waals surface area contributed by atoms with E-state index < -0.39 is 16.1 Å². The number of rotatable bonds is 5. The first kappa shape index (κ1) is 23.0. The summed E-state index contributed by atoms with van der Waals surface area (Å²) in [7, 11) is -3.90. The Hall–Kier alpha value is -3.74. The minimum atomic E-state index is -3.90. The molecule has 6 heteroatoms. The molecule has 0 radical (unpaired) electrons. The van der Waals surface area contributed by atoms with Crippen LogP contribution in [0.25, 0.3) is 11.1 Å². The predicted octanol–water partition coefficient (Wildman–Crippen LogP) is 5.42. The number of hydrogen-bond acceptors (Lipinski definition) is 3. The Balaban J connectivity index is 1.52. The average molecular weight is 483 g/mol. The van der Waals surface area contributed by atoms with Gasteiger partial charge in [0.05, 0.1) is 4.90 Å². The molecule has 0 bridgehead atoms. The van der Waals surface area contributed by atoms with Crippen LogP contribution in [-0.4, -0.2) is 24.7 Å². The molecule has 4 aromatic rings. The summed E-state index contributed by atoms with van der Waals surface area (Å²) in [6.45, 7) is 2.05. The summed E-state index contributed by atoms with van der Waals surface area (Å²) >= 11 is 0. The van der Waals surface area contributed by atoms with Crippen LogP contribution in [0.15, 0.2) is 108 Å². The van der Waals surface area contributed by atoms with E-state index in [9.17, 15) is 13.2 Å². The zero-order valence-electron chi connectivity index (χ0n) is 19.4. The van der Waals surface area contributed by atoms with Crippen molar-refractivity contribution in [1.29, 1.82) is 0 Å². The number of nitrogens with zero attached hydrogens (tertiary/aromatic N) is 1. The first-order valence-electron chi connectivity index (χ1n) is 11.5. The molecule has 0 saturated heterocycles. The molecule has 1 amide bonds. The zero-order chi connectivity index (χ0) is 24.4. The van der Waals surface area contributed by atoms with Crippen LogP contribution in [0.2, 0.25) is 0 Å². The zero-order valence-corrected chi connectivity index (χ0v) is 20.2. The van der Waals surface area contributed by atoms with Crippen molar-refractivity contribution < 1.29 is 13.2 Å². The molecule has 0 aromatic heterocycles. The molecule has 0 saturated carbocycles. The summed E-state index contributed by atoms with van der Waals surface area (Å²) < 4.78 is 28.8. The minimum absolute atomic E-state index is 0.144. The van der Waals surface area contributed by atoms with Gasteiger partial charge in [0.15, 0.2) is 0 Å². The second-order valence-corrected chi connectivity index (χ2v) is 10.6. The van der Waals surface area contributed by atoms with Gasteiger partial charge in [-0.2, -0.15) is 4.31 Å². The molecule has 1 aliphatic rings. The number of anilines is 1. The van der Waals surface area contributed by atoms with E-state index in [0.29, 0.717) is 12.1 Å². The highest BCUT2D eigenvalue weighted by Gasteiger charge is 2.39. The third kappa shape index (κ3) is 4.63. The summed E-state index contributed by atoms with van der Waals surface area (Å²) in [5.41, 5.74) is 5.37. The van der Waals surface area contributed by atoms with Crippen LogP contribution in [0.4, 0.5) is 5.69 Å². The number of carbonyl (C=O) groups is 1. The lowest BCUT2D eigenvalue weighted by atomic mass is 9.95. The molecule has 0 fully saturated rings. The van der Waals surface area contributed by atoms with E-state index in [0.717, 1.165) is 27.8 Å². The van der Waals surface area contributed by atoms with E-state index in [1.165, 1.54) is 4.31 Å². The summed E-state index contributed by atoms with van der Waals surface area (Å²) in [6, 6.07) is 30.9.